The van der Waals surface area contributed by atoms with Crippen LogP contribution in [0.4, 0.5) is 9.59 Å². The normalized spacial score (nSPS) is 21.3. The lowest BCUT2D eigenvalue weighted by Crippen LogP contribution is -2.51. The Morgan fingerprint density at radius 1 is 0.579 bits per heavy atom. The number of alkyl carbamates (subject to hydrolysis) is 2. The number of carboxylic acid groups (broad SMARTS) is 4. The third-order valence-electron chi connectivity index (χ3n) is 4.16. The molecule has 2 amide bonds. The topological polar surface area (TPSA) is 278 Å². The van der Waals surface area contributed by atoms with Crippen LogP contribution in [0.15, 0.2) is 0 Å². The number of hydrogen-bond donors (Lipinski definition) is 8. The molecule has 0 unspecified atom stereocenters. The summed E-state index contributed by atoms with van der Waals surface area (Å²) in [4.78, 5) is 58.8. The summed E-state index contributed by atoms with van der Waals surface area (Å²) in [6, 6.07) is 0.926. The van der Waals surface area contributed by atoms with Crippen molar-refractivity contribution in [2.75, 3.05) is 0 Å². The van der Waals surface area contributed by atoms with Crippen molar-refractivity contribution in [3.63, 3.8) is 0 Å². The van der Waals surface area contributed by atoms with Gasteiger partial charge in [-0.1, -0.05) is 0 Å². The van der Waals surface area contributed by atoms with Crippen molar-refractivity contribution < 1.29 is 58.7 Å². The number of carbonyl (C=O) groups is 6. The van der Waals surface area contributed by atoms with Gasteiger partial charge in [0.05, 0.1) is 0 Å². The molecule has 0 aromatic carbocycles. The summed E-state index contributed by atoms with van der Waals surface area (Å²) in [5, 5.41) is 35.1. The SMILES string of the molecule is CC(C)(C)OC(=O)NC1CC(N)C1.CC(C)(C)OC(=O)NC1CC(N)C1.O=C(O)C(=O)O.O=C(O)C(=O)O. The van der Waals surface area contributed by atoms with Gasteiger partial charge in [-0.3, -0.25) is 0 Å². The van der Waals surface area contributed by atoms with Crippen LogP contribution in [0.25, 0.3) is 0 Å². The van der Waals surface area contributed by atoms with Gasteiger partial charge in [-0.15, -0.1) is 0 Å². The van der Waals surface area contributed by atoms with Gasteiger partial charge in [0.15, 0.2) is 0 Å². The van der Waals surface area contributed by atoms with E-state index in [2.05, 4.69) is 10.6 Å². The number of carbonyl (C=O) groups excluding carboxylic acids is 2. The van der Waals surface area contributed by atoms with Crippen LogP contribution in [0.5, 0.6) is 0 Å². The second-order valence-corrected chi connectivity index (χ2v) is 10.4. The fourth-order valence-corrected chi connectivity index (χ4v) is 2.51. The second kappa shape index (κ2) is 16.2. The largest absolute Gasteiger partial charge is 0.473 e. The highest BCUT2D eigenvalue weighted by atomic mass is 16.6. The van der Waals surface area contributed by atoms with Crippen molar-refractivity contribution in [2.24, 2.45) is 11.5 Å². The van der Waals surface area contributed by atoms with E-state index in [4.69, 9.17) is 60.5 Å². The molecule has 0 saturated heterocycles. The van der Waals surface area contributed by atoms with E-state index in [1.807, 2.05) is 41.5 Å². The molecule has 2 rings (SSSR count). The molecule has 2 aliphatic carbocycles. The summed E-state index contributed by atoms with van der Waals surface area (Å²) in [6.45, 7) is 11.1. The van der Waals surface area contributed by atoms with Crippen LogP contribution in [0.3, 0.4) is 0 Å². The van der Waals surface area contributed by atoms with Crippen LogP contribution in [0.1, 0.15) is 67.2 Å². The molecule has 0 radical (unpaired) electrons. The van der Waals surface area contributed by atoms with Crippen molar-refractivity contribution in [1.82, 2.24) is 10.6 Å². The van der Waals surface area contributed by atoms with Crippen molar-refractivity contribution in [1.29, 1.82) is 0 Å². The zero-order valence-electron chi connectivity index (χ0n) is 22.3. The fourth-order valence-electron chi connectivity index (χ4n) is 2.51. The van der Waals surface area contributed by atoms with Crippen LogP contribution < -0.4 is 22.1 Å². The van der Waals surface area contributed by atoms with Crippen LogP contribution in [0, 0.1) is 0 Å². The Bertz CT molecular complexity index is 731. The van der Waals surface area contributed by atoms with E-state index in [-0.39, 0.29) is 36.4 Å². The molecule has 0 aromatic rings. The predicted octanol–water partition coefficient (Wildman–Crippen LogP) is 0.313. The van der Waals surface area contributed by atoms with Gasteiger partial charge in [-0.2, -0.15) is 0 Å². The third-order valence-corrected chi connectivity index (χ3v) is 4.16. The summed E-state index contributed by atoms with van der Waals surface area (Å²) in [5.41, 5.74) is 10.3. The first-order chi connectivity index (χ1) is 17.0. The lowest BCUT2D eigenvalue weighted by Gasteiger charge is -2.33. The number of amides is 2. The van der Waals surface area contributed by atoms with Gasteiger partial charge in [0, 0.05) is 24.2 Å². The number of ether oxygens (including phenoxy) is 2. The van der Waals surface area contributed by atoms with Crippen LogP contribution in [-0.2, 0) is 28.7 Å². The zero-order valence-corrected chi connectivity index (χ0v) is 22.3. The fraction of sp³-hybridized carbons (Fsp3) is 0.727. The van der Waals surface area contributed by atoms with Crippen molar-refractivity contribution in [3.05, 3.63) is 0 Å². The van der Waals surface area contributed by atoms with E-state index in [9.17, 15) is 9.59 Å². The molecular weight excluding hydrogens is 512 g/mol. The van der Waals surface area contributed by atoms with Crippen LogP contribution >= 0.6 is 0 Å². The molecule has 16 heteroatoms. The molecule has 0 atom stereocenters. The molecule has 38 heavy (non-hydrogen) atoms. The van der Waals surface area contributed by atoms with Crippen LogP contribution in [-0.4, -0.2) is 91.9 Å². The van der Waals surface area contributed by atoms with Gasteiger partial charge in [-0.05, 0) is 67.2 Å². The van der Waals surface area contributed by atoms with Crippen molar-refractivity contribution in [2.45, 2.75) is 103 Å². The van der Waals surface area contributed by atoms with E-state index in [1.165, 1.54) is 0 Å². The highest BCUT2D eigenvalue weighted by molar-refractivity contribution is 6.27. The first kappa shape index (κ1) is 36.5. The number of nitrogens with one attached hydrogen (secondary N) is 2. The maximum absolute atomic E-state index is 11.2. The van der Waals surface area contributed by atoms with Crippen LogP contribution in [0.2, 0.25) is 0 Å². The quantitative estimate of drug-likeness (QED) is 0.214. The molecule has 2 aliphatic rings. The number of nitrogens with two attached hydrogens (primary N) is 2. The predicted molar refractivity (Wildman–Crippen MR) is 131 cm³/mol. The van der Waals surface area contributed by atoms with Gasteiger partial charge in [-0.25, -0.2) is 28.8 Å². The van der Waals surface area contributed by atoms with Gasteiger partial charge in [0.25, 0.3) is 0 Å². The minimum absolute atomic E-state index is 0.213. The molecular formula is C22H40N4O12. The lowest BCUT2D eigenvalue weighted by molar-refractivity contribution is -0.159. The molecule has 2 fully saturated rings. The van der Waals surface area contributed by atoms with E-state index in [0.717, 1.165) is 25.7 Å². The highest BCUT2D eigenvalue weighted by Crippen LogP contribution is 2.19. The maximum Gasteiger partial charge on any atom is 0.414 e. The average molecular weight is 553 g/mol. The Labute approximate surface area is 220 Å². The molecule has 0 aromatic heterocycles. The summed E-state index contributed by atoms with van der Waals surface area (Å²) < 4.78 is 10.2. The van der Waals surface area contributed by atoms with Gasteiger partial charge >= 0.3 is 36.1 Å². The van der Waals surface area contributed by atoms with Crippen molar-refractivity contribution >= 4 is 36.1 Å². The molecule has 0 aliphatic heterocycles. The zero-order chi connectivity index (χ0) is 30.4. The molecule has 0 bridgehead atoms. The van der Waals surface area contributed by atoms with Gasteiger partial charge in [0.2, 0.25) is 0 Å². The third kappa shape index (κ3) is 21.6. The molecule has 16 nitrogen and oxygen atoms in total. The Hall–Kier alpha value is -3.66. The average Bonchev–Trinajstić information content (AvgIpc) is 2.64. The Morgan fingerprint density at radius 3 is 0.921 bits per heavy atom. The summed E-state index contributed by atoms with van der Waals surface area (Å²) in [7, 11) is 0. The first-order valence-electron chi connectivity index (χ1n) is 11.4. The lowest BCUT2D eigenvalue weighted by atomic mass is 9.88. The number of hydrogen-bond acceptors (Lipinski definition) is 10. The highest BCUT2D eigenvalue weighted by Gasteiger charge is 2.29. The smallest absolute Gasteiger partial charge is 0.414 e. The Balaban J connectivity index is 0. The van der Waals surface area contributed by atoms with Crippen molar-refractivity contribution in [3.8, 4) is 0 Å². The maximum atomic E-state index is 11.2. The van der Waals surface area contributed by atoms with Gasteiger partial charge < -0.3 is 52.0 Å². The molecule has 2 saturated carbocycles. The molecule has 0 spiro atoms. The van der Waals surface area contributed by atoms with E-state index >= 15 is 0 Å². The number of carboxylic acids is 4. The molecule has 220 valence electrons. The van der Waals surface area contributed by atoms with Gasteiger partial charge in [0.1, 0.15) is 11.2 Å². The van der Waals surface area contributed by atoms with E-state index in [0.29, 0.717) is 0 Å². The minimum Gasteiger partial charge on any atom is -0.473 e. The Morgan fingerprint density at radius 2 is 0.789 bits per heavy atom. The minimum atomic E-state index is -1.82. The monoisotopic (exact) mass is 552 g/mol. The molecule has 0 heterocycles. The molecule has 10 N–H and O–H groups in total. The summed E-state index contributed by atoms with van der Waals surface area (Å²) in [5.74, 6) is -7.30. The van der Waals surface area contributed by atoms with E-state index in [1.54, 1.807) is 0 Å². The van der Waals surface area contributed by atoms with E-state index < -0.39 is 35.1 Å². The standard InChI is InChI=1S/2C9H18N2O2.2C2H2O4/c2*1-9(2,3)13-8(12)11-7-4-6(10)5-7;2*3-1(4)2(5)6/h2*6-7H,4-5,10H2,1-3H3,(H,11,12);2*(H,3,4)(H,5,6). The first-order valence-corrected chi connectivity index (χ1v) is 11.4. The summed E-state index contributed by atoms with van der Waals surface area (Å²) in [6.07, 6.45) is 2.76. The Kier molecular flexibility index (Phi) is 15.6. The number of rotatable bonds is 2. The summed E-state index contributed by atoms with van der Waals surface area (Å²) >= 11 is 0. The number of aliphatic carboxylic acids is 4. The second-order valence-electron chi connectivity index (χ2n) is 10.4.